The number of carboxylic acids is 1. The van der Waals surface area contributed by atoms with Crippen molar-refractivity contribution in [3.05, 3.63) is 71.8 Å². The SMILES string of the molecule is O=C(O)CN1CCCC[C@H](NCC(O)C(Cc2ccccc2)NC(=O)c2ccccc2)C1=O. The van der Waals surface area contributed by atoms with Crippen LogP contribution in [-0.2, 0) is 16.0 Å². The van der Waals surface area contributed by atoms with Crippen LogP contribution in [0.3, 0.4) is 0 Å². The number of carbonyl (C=O) groups is 3. The summed E-state index contributed by atoms with van der Waals surface area (Å²) < 4.78 is 0. The minimum absolute atomic E-state index is 0.0872. The number of aliphatic hydroxyl groups is 1. The molecule has 1 fully saturated rings. The molecule has 3 atom stereocenters. The van der Waals surface area contributed by atoms with Gasteiger partial charge in [0, 0.05) is 18.7 Å². The van der Waals surface area contributed by atoms with Crippen LogP contribution in [0.25, 0.3) is 0 Å². The third-order valence-corrected chi connectivity index (χ3v) is 5.80. The first kappa shape index (κ1) is 24.4. The Labute approximate surface area is 193 Å². The molecule has 1 heterocycles. The number of nitrogens with one attached hydrogen (secondary N) is 2. The number of hydrogen-bond acceptors (Lipinski definition) is 5. The second-order valence-corrected chi connectivity index (χ2v) is 8.31. The van der Waals surface area contributed by atoms with Crippen LogP contribution in [0.4, 0.5) is 0 Å². The summed E-state index contributed by atoms with van der Waals surface area (Å²) in [7, 11) is 0. The van der Waals surface area contributed by atoms with Crippen molar-refractivity contribution in [2.24, 2.45) is 0 Å². The molecular weight excluding hydrogens is 422 g/mol. The van der Waals surface area contributed by atoms with Crippen molar-refractivity contribution >= 4 is 17.8 Å². The Morgan fingerprint density at radius 3 is 2.36 bits per heavy atom. The third kappa shape index (κ3) is 7.40. The van der Waals surface area contributed by atoms with Crippen LogP contribution < -0.4 is 10.6 Å². The number of aliphatic carboxylic acids is 1. The van der Waals surface area contributed by atoms with Crippen molar-refractivity contribution in [1.82, 2.24) is 15.5 Å². The number of amides is 2. The van der Waals surface area contributed by atoms with Crippen LogP contribution in [0.15, 0.2) is 60.7 Å². The molecule has 8 heteroatoms. The average Bonchev–Trinajstić information content (AvgIpc) is 2.99. The van der Waals surface area contributed by atoms with Gasteiger partial charge in [-0.05, 0) is 43.4 Å². The fourth-order valence-corrected chi connectivity index (χ4v) is 4.01. The number of carbonyl (C=O) groups excluding carboxylic acids is 2. The summed E-state index contributed by atoms with van der Waals surface area (Å²) in [6, 6.07) is 17.2. The third-order valence-electron chi connectivity index (χ3n) is 5.80. The molecule has 4 N–H and O–H groups in total. The lowest BCUT2D eigenvalue weighted by molar-refractivity contribution is -0.145. The minimum Gasteiger partial charge on any atom is -0.480 e. The van der Waals surface area contributed by atoms with E-state index in [9.17, 15) is 19.5 Å². The van der Waals surface area contributed by atoms with E-state index in [-0.39, 0.29) is 24.9 Å². The molecule has 2 aromatic rings. The molecule has 0 saturated carbocycles. The van der Waals surface area contributed by atoms with E-state index in [2.05, 4.69) is 10.6 Å². The number of hydrogen-bond donors (Lipinski definition) is 4. The summed E-state index contributed by atoms with van der Waals surface area (Å²) in [6.45, 7) is 0.169. The van der Waals surface area contributed by atoms with Crippen LogP contribution in [0.5, 0.6) is 0 Å². The molecule has 0 aliphatic carbocycles. The monoisotopic (exact) mass is 453 g/mol. The summed E-state index contributed by atoms with van der Waals surface area (Å²) in [4.78, 5) is 37.9. The summed E-state index contributed by atoms with van der Waals surface area (Å²) in [5.41, 5.74) is 1.46. The van der Waals surface area contributed by atoms with Gasteiger partial charge in [-0.25, -0.2) is 0 Å². The number of rotatable bonds is 10. The second kappa shape index (κ2) is 12.1. The number of benzene rings is 2. The Hall–Kier alpha value is -3.23. The lowest BCUT2D eigenvalue weighted by Gasteiger charge is -2.28. The van der Waals surface area contributed by atoms with Gasteiger partial charge < -0.3 is 25.7 Å². The molecule has 0 aromatic heterocycles. The number of nitrogens with zero attached hydrogens (tertiary/aromatic N) is 1. The molecule has 1 saturated heterocycles. The Morgan fingerprint density at radius 1 is 1.03 bits per heavy atom. The van der Waals surface area contributed by atoms with E-state index in [0.717, 1.165) is 18.4 Å². The first-order valence-electron chi connectivity index (χ1n) is 11.3. The van der Waals surface area contributed by atoms with Crippen molar-refractivity contribution in [1.29, 1.82) is 0 Å². The zero-order valence-corrected chi connectivity index (χ0v) is 18.5. The Balaban J connectivity index is 1.67. The Morgan fingerprint density at radius 2 is 1.70 bits per heavy atom. The van der Waals surface area contributed by atoms with Gasteiger partial charge in [0.15, 0.2) is 0 Å². The van der Waals surface area contributed by atoms with E-state index in [1.54, 1.807) is 24.3 Å². The first-order chi connectivity index (χ1) is 15.9. The molecule has 0 bridgehead atoms. The van der Waals surface area contributed by atoms with Crippen molar-refractivity contribution in [2.75, 3.05) is 19.6 Å². The molecule has 33 heavy (non-hydrogen) atoms. The maximum absolute atomic E-state index is 12.8. The van der Waals surface area contributed by atoms with Gasteiger partial charge in [-0.2, -0.15) is 0 Å². The van der Waals surface area contributed by atoms with Crippen molar-refractivity contribution in [2.45, 2.75) is 43.9 Å². The maximum atomic E-state index is 12.8. The van der Waals surface area contributed by atoms with Crippen LogP contribution in [-0.4, -0.2) is 70.7 Å². The molecule has 1 aliphatic rings. The van der Waals surface area contributed by atoms with E-state index in [0.29, 0.717) is 24.9 Å². The van der Waals surface area contributed by atoms with Gasteiger partial charge in [0.1, 0.15) is 6.54 Å². The molecule has 2 aromatic carbocycles. The summed E-state index contributed by atoms with van der Waals surface area (Å²) in [5, 5.41) is 26.1. The summed E-state index contributed by atoms with van der Waals surface area (Å²) in [5.74, 6) is -1.60. The highest BCUT2D eigenvalue weighted by atomic mass is 16.4. The molecule has 2 amide bonds. The fourth-order valence-electron chi connectivity index (χ4n) is 4.01. The summed E-state index contributed by atoms with van der Waals surface area (Å²) in [6.07, 6.45) is 1.56. The van der Waals surface area contributed by atoms with Crippen molar-refractivity contribution in [3.63, 3.8) is 0 Å². The van der Waals surface area contributed by atoms with E-state index in [1.165, 1.54) is 4.90 Å². The zero-order valence-electron chi connectivity index (χ0n) is 18.5. The van der Waals surface area contributed by atoms with E-state index < -0.39 is 24.2 Å². The quantitative estimate of drug-likeness (QED) is 0.432. The van der Waals surface area contributed by atoms with Gasteiger partial charge in [0.05, 0.1) is 18.2 Å². The largest absolute Gasteiger partial charge is 0.480 e. The topological polar surface area (TPSA) is 119 Å². The van der Waals surface area contributed by atoms with Crippen molar-refractivity contribution in [3.8, 4) is 0 Å². The smallest absolute Gasteiger partial charge is 0.323 e. The molecule has 3 rings (SSSR count). The van der Waals surface area contributed by atoms with Gasteiger partial charge in [-0.15, -0.1) is 0 Å². The van der Waals surface area contributed by atoms with Crippen LogP contribution in [0.2, 0.25) is 0 Å². The van der Waals surface area contributed by atoms with Gasteiger partial charge in [0.25, 0.3) is 5.91 Å². The Kier molecular flexibility index (Phi) is 8.97. The van der Waals surface area contributed by atoms with Crippen LogP contribution in [0.1, 0.15) is 35.2 Å². The standard InChI is InChI=1S/C25H31N3O5/c29-22(16-26-20-13-7-8-14-28(25(20)33)17-23(30)31)21(15-18-9-3-1-4-10-18)27-24(32)19-11-5-2-6-12-19/h1-6,9-12,20-22,26,29H,7-8,13-17H2,(H,27,32)(H,30,31)/t20-,21?,22?/m0/s1. The van der Waals surface area contributed by atoms with Crippen LogP contribution in [0, 0.1) is 0 Å². The molecule has 1 aliphatic heterocycles. The lowest BCUT2D eigenvalue weighted by atomic mass is 10.00. The molecule has 0 spiro atoms. The van der Waals surface area contributed by atoms with Gasteiger partial charge >= 0.3 is 5.97 Å². The predicted octanol–water partition coefficient (Wildman–Crippen LogP) is 1.44. The zero-order chi connectivity index (χ0) is 23.6. The molecule has 8 nitrogen and oxygen atoms in total. The predicted molar refractivity (Wildman–Crippen MR) is 124 cm³/mol. The fraction of sp³-hybridized carbons (Fsp3) is 0.400. The first-order valence-corrected chi connectivity index (χ1v) is 11.3. The van der Waals surface area contributed by atoms with Gasteiger partial charge in [0.2, 0.25) is 5.91 Å². The van der Waals surface area contributed by atoms with Crippen molar-refractivity contribution < 1.29 is 24.6 Å². The minimum atomic E-state index is -1.05. The normalized spacial score (nSPS) is 18.3. The van der Waals surface area contributed by atoms with Gasteiger partial charge in [-0.3, -0.25) is 14.4 Å². The molecule has 2 unspecified atom stereocenters. The number of likely N-dealkylation sites (tertiary alicyclic amines) is 1. The van der Waals surface area contributed by atoms with E-state index >= 15 is 0 Å². The highest BCUT2D eigenvalue weighted by Gasteiger charge is 2.30. The maximum Gasteiger partial charge on any atom is 0.323 e. The second-order valence-electron chi connectivity index (χ2n) is 8.31. The lowest BCUT2D eigenvalue weighted by Crippen LogP contribution is -2.53. The number of carboxylic acid groups (broad SMARTS) is 1. The average molecular weight is 454 g/mol. The summed E-state index contributed by atoms with van der Waals surface area (Å²) >= 11 is 0. The molecule has 176 valence electrons. The highest BCUT2D eigenvalue weighted by Crippen LogP contribution is 2.13. The molecular formula is C25H31N3O5. The van der Waals surface area contributed by atoms with E-state index in [4.69, 9.17) is 5.11 Å². The van der Waals surface area contributed by atoms with E-state index in [1.807, 2.05) is 36.4 Å². The van der Waals surface area contributed by atoms with Crippen LogP contribution >= 0.6 is 0 Å². The number of aliphatic hydroxyl groups excluding tert-OH is 1. The highest BCUT2D eigenvalue weighted by molar-refractivity contribution is 5.94. The van der Waals surface area contributed by atoms with Gasteiger partial charge in [-0.1, -0.05) is 48.5 Å². The molecule has 0 radical (unpaired) electrons. The Bertz CT molecular complexity index is 922.